The molecule has 10 atom stereocenters. The summed E-state index contributed by atoms with van der Waals surface area (Å²) < 4.78 is 120. The number of ketones is 1. The van der Waals surface area contributed by atoms with Gasteiger partial charge >= 0.3 is 33.2 Å². The fourth-order valence-electron chi connectivity index (χ4n) is 9.21. The van der Waals surface area contributed by atoms with E-state index in [1.54, 1.807) is 13.8 Å². The number of aromatic amines is 2. The molecular weight excluding hydrogens is 1000 g/mol. The summed E-state index contributed by atoms with van der Waals surface area (Å²) in [5, 5.41) is 9.08. The van der Waals surface area contributed by atoms with Crippen molar-refractivity contribution in [2.45, 2.75) is 153 Å². The number of phosphoric acid groups is 1. The van der Waals surface area contributed by atoms with E-state index in [9.17, 15) is 29.1 Å². The van der Waals surface area contributed by atoms with Crippen LogP contribution in [0.25, 0.3) is 22.2 Å². The molecule has 3 fully saturated rings. The van der Waals surface area contributed by atoms with Crippen molar-refractivity contribution in [3.63, 3.8) is 0 Å². The van der Waals surface area contributed by atoms with Crippen LogP contribution >= 0.6 is 16.1 Å². The largest absolute Gasteiger partial charge is 0.695 e. The second-order valence-electron chi connectivity index (χ2n) is 18.9. The van der Waals surface area contributed by atoms with Crippen LogP contribution in [0, 0.1) is 23.1 Å². The van der Waals surface area contributed by atoms with Crippen LogP contribution in [0.4, 0.5) is 8.78 Å². The van der Waals surface area contributed by atoms with Crippen LogP contribution in [0.15, 0.2) is 28.4 Å². The molecule has 3 saturated heterocycles. The van der Waals surface area contributed by atoms with Crippen molar-refractivity contribution in [1.82, 2.24) is 34.1 Å². The normalized spacial score (nSPS) is 26.8. The minimum absolute atomic E-state index is 0.0333. The average Bonchev–Trinajstić information content (AvgIpc) is 4.02. The lowest BCUT2D eigenvalue weighted by atomic mass is 10.1. The summed E-state index contributed by atoms with van der Waals surface area (Å²) in [5.41, 5.74) is -2.71. The van der Waals surface area contributed by atoms with Crippen molar-refractivity contribution in [2.75, 3.05) is 19.8 Å². The van der Waals surface area contributed by atoms with Gasteiger partial charge in [0.2, 0.25) is 0 Å². The molecule has 3 aliphatic heterocycles. The van der Waals surface area contributed by atoms with Crippen LogP contribution in [-0.2, 0) is 60.9 Å². The zero-order chi connectivity index (χ0) is 51.2. The zero-order valence-corrected chi connectivity index (χ0v) is 44.1. The highest BCUT2D eigenvalue weighted by atomic mass is 31.2. The molecule has 0 radical (unpaired) electrons. The van der Waals surface area contributed by atoms with E-state index >= 15 is 13.3 Å². The number of halogens is 2. The molecule has 23 nitrogen and oxygen atoms in total. The Labute approximate surface area is 403 Å². The molecule has 7 heterocycles. The first-order valence-electron chi connectivity index (χ1n) is 22.9. The van der Waals surface area contributed by atoms with Crippen molar-refractivity contribution in [3.8, 4) is 6.07 Å². The maximum absolute atomic E-state index is 16.6. The van der Waals surface area contributed by atoms with E-state index in [-0.39, 0.29) is 70.0 Å². The predicted molar refractivity (Wildman–Crippen MR) is 248 cm³/mol. The first kappa shape index (κ1) is 53.9. The van der Waals surface area contributed by atoms with Gasteiger partial charge in [0.25, 0.3) is 11.1 Å². The Hall–Kier alpha value is -3.85. The van der Waals surface area contributed by atoms with E-state index in [0.29, 0.717) is 0 Å². The third kappa shape index (κ3) is 10.4. The van der Waals surface area contributed by atoms with Crippen LogP contribution in [0.5, 0.6) is 0 Å². The molecular formula is C41H59F2N8O15P2Si2+. The Morgan fingerprint density at radius 2 is 1.67 bits per heavy atom. The Morgan fingerprint density at radius 3 is 2.30 bits per heavy atom. The van der Waals surface area contributed by atoms with Gasteiger partial charge < -0.3 is 37.0 Å². The lowest BCUT2D eigenvalue weighted by Crippen LogP contribution is -2.65. The van der Waals surface area contributed by atoms with Gasteiger partial charge in [-0.15, -0.1) is 9.42 Å². The summed E-state index contributed by atoms with van der Waals surface area (Å²) >= 11 is 0. The summed E-state index contributed by atoms with van der Waals surface area (Å²) in [6, 6.07) is 1.88. The Kier molecular flexibility index (Phi) is 16.4. The van der Waals surface area contributed by atoms with Crippen LogP contribution in [0.1, 0.15) is 93.9 Å². The summed E-state index contributed by atoms with van der Waals surface area (Å²) in [5.74, 6) is -1.64. The molecule has 3 aliphatic rings. The number of fused-ring (bicyclic) bond motifs is 3. The zero-order valence-electron chi connectivity index (χ0n) is 40.3. The lowest BCUT2D eigenvalue weighted by molar-refractivity contribution is -0.121. The number of imidazole rings is 1. The molecule has 0 amide bonds. The van der Waals surface area contributed by atoms with Crippen molar-refractivity contribution >= 4 is 61.2 Å². The van der Waals surface area contributed by atoms with Gasteiger partial charge in [-0.1, -0.05) is 69.2 Å². The van der Waals surface area contributed by atoms with Crippen molar-refractivity contribution < 1.29 is 68.1 Å². The quantitative estimate of drug-likeness (QED) is 0.0525. The molecule has 7 rings (SSSR count). The average molecular weight is 1060 g/mol. The van der Waals surface area contributed by atoms with E-state index in [2.05, 4.69) is 24.9 Å². The summed E-state index contributed by atoms with van der Waals surface area (Å²) in [7, 11) is -15.3. The number of hydrogen-bond donors (Lipinski definition) is 3. The molecule has 70 heavy (non-hydrogen) atoms. The number of Topliss-reactive ketones (excluding diaryl/α,β-unsaturated/α-hetero) is 1. The number of carbonyl (C=O) groups is 1. The number of nitrogens with zero attached hydrogens (tertiary/aromatic N) is 6. The van der Waals surface area contributed by atoms with Gasteiger partial charge in [-0.05, 0) is 22.2 Å². The highest BCUT2D eigenvalue weighted by molar-refractivity contribution is 7.48. The van der Waals surface area contributed by atoms with Crippen LogP contribution in [-0.4, -0.2) is 118 Å². The van der Waals surface area contributed by atoms with Gasteiger partial charge in [0.1, 0.15) is 41.4 Å². The van der Waals surface area contributed by atoms with Crippen LogP contribution < -0.4 is 11.1 Å². The first-order chi connectivity index (χ1) is 33.0. The Balaban J connectivity index is 1.28. The van der Waals surface area contributed by atoms with E-state index in [1.165, 1.54) is 4.57 Å². The SMILES string of the molecule is CC(C)C(=O)Cc1nc2c(ncn2C2O[C@H](COP(=O)(OCCC#N)O[C@@H]3[C@@H]4O[Si](C(C)C)(C(C)C)O[Si](C(C)C)(C(C)C)OC[C@H]4O[C@H]3n3cc(F)c4c(=O)[nH]cnc43)[C@@H](O[P+](=O)O)[C@H]2F)c(=O)[nH]1. The Bertz CT molecular complexity index is 2770. The van der Waals surface area contributed by atoms with Gasteiger partial charge in [0.15, 0.2) is 47.4 Å². The van der Waals surface area contributed by atoms with E-state index in [4.69, 9.17) is 40.5 Å². The first-order valence-corrected chi connectivity index (χ1v) is 29.5. The molecule has 4 aromatic heterocycles. The number of carbonyl (C=O) groups excluding carboxylic acids is 1. The molecule has 0 saturated carbocycles. The van der Waals surface area contributed by atoms with Gasteiger partial charge in [-0.2, -0.15) is 5.26 Å². The molecule has 0 bridgehead atoms. The molecule has 3 unspecified atom stereocenters. The minimum atomic E-state index is -5.11. The van der Waals surface area contributed by atoms with Gasteiger partial charge in [0.05, 0.1) is 51.4 Å². The summed E-state index contributed by atoms with van der Waals surface area (Å²) in [4.78, 5) is 65.9. The lowest BCUT2D eigenvalue weighted by Gasteiger charge is -2.51. The Morgan fingerprint density at radius 1 is 0.986 bits per heavy atom. The number of hydrogen-bond acceptors (Lipinski definition) is 18. The van der Waals surface area contributed by atoms with Crippen LogP contribution in [0.3, 0.4) is 0 Å². The second-order valence-corrected chi connectivity index (χ2v) is 30.1. The number of nitriles is 1. The predicted octanol–water partition coefficient (Wildman–Crippen LogP) is 6.33. The number of phosphoric ester groups is 1. The highest BCUT2D eigenvalue weighted by Crippen LogP contribution is 2.57. The van der Waals surface area contributed by atoms with Gasteiger partial charge in [-0.25, -0.2) is 28.3 Å². The molecule has 0 aromatic carbocycles. The van der Waals surface area contributed by atoms with E-state index < -0.39 is 124 Å². The molecule has 0 aliphatic carbocycles. The standard InChI is InChI=1S/C41H58F2N8O15P2Si2/c1-20(2)26(52)14-29-48-37-32(39(54)49-29)47-19-51(37)40-31(43)33(63-67(55)56)27(61-40)16-59-68(57,58-13-11-12-44)64-35-34-28(62-41(35)50-15-25(42)30-36(50)45-18-46-38(30)53)17-60-69(21(3)4,22(5)6)66-70(65-34,23(7)8)24(9)10/h15,18-24,27-28,31,33-35,40-41H,11,13-14,16-17H2,1-10H3,(H2-,45,46,48,49,53,54,55,56)/p+1/t27-,28-,31-,33-,34-,35-,40?,41-,68?/m1/s1. The minimum Gasteiger partial charge on any atom is -0.414 e. The number of aromatic nitrogens is 7. The molecule has 4 aromatic rings. The second kappa shape index (κ2) is 21.3. The van der Waals surface area contributed by atoms with Gasteiger partial charge in [0, 0.05) is 16.7 Å². The van der Waals surface area contributed by atoms with Crippen molar-refractivity contribution in [1.29, 1.82) is 5.26 Å². The third-order valence-corrected chi connectivity index (χ3v) is 24.9. The number of H-pyrrole nitrogens is 2. The molecule has 0 spiro atoms. The maximum atomic E-state index is 16.6. The van der Waals surface area contributed by atoms with E-state index in [1.807, 2.05) is 61.5 Å². The number of alkyl halides is 1. The fourth-order valence-corrected chi connectivity index (χ4v) is 22.2. The monoisotopic (exact) mass is 1060 g/mol. The van der Waals surface area contributed by atoms with Gasteiger partial charge in [-0.3, -0.25) is 32.5 Å². The van der Waals surface area contributed by atoms with Crippen molar-refractivity contribution in [3.05, 3.63) is 51.2 Å². The van der Waals surface area contributed by atoms with Crippen LogP contribution in [0.2, 0.25) is 22.2 Å². The third-order valence-electron chi connectivity index (χ3n) is 12.8. The van der Waals surface area contributed by atoms with E-state index in [0.717, 1.165) is 23.4 Å². The summed E-state index contributed by atoms with van der Waals surface area (Å²) in [6.45, 7) is 17.7. The number of ether oxygens (including phenoxy) is 2. The fraction of sp³-hybridized carbons (Fsp3) is 0.683. The maximum Gasteiger partial charge on any atom is 0.695 e. The number of rotatable bonds is 19. The molecule has 29 heteroatoms. The smallest absolute Gasteiger partial charge is 0.414 e. The number of nitrogens with one attached hydrogen (secondary N) is 2. The molecule has 3 N–H and O–H groups in total. The molecule has 384 valence electrons. The van der Waals surface area contributed by atoms with Crippen molar-refractivity contribution in [2.24, 2.45) is 5.92 Å². The summed E-state index contributed by atoms with van der Waals surface area (Å²) in [6.07, 6.45) is -10.4. The topological polar surface area (TPSA) is 293 Å². The highest BCUT2D eigenvalue weighted by Gasteiger charge is 2.63.